The molecule has 1 unspecified atom stereocenters. The summed E-state index contributed by atoms with van der Waals surface area (Å²) < 4.78 is 5.12. The van der Waals surface area contributed by atoms with Crippen molar-refractivity contribution in [2.75, 3.05) is 6.61 Å². The van der Waals surface area contributed by atoms with Gasteiger partial charge in [-0.3, -0.25) is 4.79 Å². The second-order valence-electron chi connectivity index (χ2n) is 5.09. The Morgan fingerprint density at radius 2 is 1.80 bits per heavy atom. The van der Waals surface area contributed by atoms with E-state index in [-0.39, 0.29) is 11.8 Å². The predicted octanol–water partition coefficient (Wildman–Crippen LogP) is -2.29. The van der Waals surface area contributed by atoms with Crippen molar-refractivity contribution in [3.63, 3.8) is 0 Å². The normalized spacial score (nSPS) is 15.7. The summed E-state index contributed by atoms with van der Waals surface area (Å²) >= 11 is 0. The van der Waals surface area contributed by atoms with Gasteiger partial charge in [0.2, 0.25) is 11.8 Å². The molecule has 13 heteroatoms. The van der Waals surface area contributed by atoms with Gasteiger partial charge in [-0.15, -0.1) is 10.2 Å². The van der Waals surface area contributed by atoms with Crippen molar-refractivity contribution in [2.45, 2.75) is 37.6 Å². The lowest BCUT2D eigenvalue weighted by Gasteiger charge is -2.19. The van der Waals surface area contributed by atoms with Crippen LogP contribution in [-0.4, -0.2) is 67.3 Å². The Labute approximate surface area is 140 Å². The lowest BCUT2D eigenvalue weighted by molar-refractivity contribution is -0.142. The highest BCUT2D eigenvalue weighted by Gasteiger charge is 2.29. The monoisotopic (exact) mass is 361 g/mol. The first-order chi connectivity index (χ1) is 11.6. The number of aromatic nitrogens is 2. The topological polar surface area (TPSA) is 221 Å². The Bertz CT molecular complexity index is 618. The maximum absolute atomic E-state index is 11.9. The molecule has 0 saturated heterocycles. The molecule has 0 saturated carbocycles. The molecule has 0 aromatic carbocycles. The van der Waals surface area contributed by atoms with Crippen LogP contribution in [0.5, 0.6) is 0 Å². The van der Waals surface area contributed by atoms with Gasteiger partial charge in [-0.25, -0.2) is 9.59 Å². The summed E-state index contributed by atoms with van der Waals surface area (Å²) in [5, 5.41) is 47.3. The van der Waals surface area contributed by atoms with Crippen LogP contribution in [0.4, 0.5) is 4.79 Å². The molecule has 0 aliphatic heterocycles. The molecule has 0 aliphatic carbocycles. The fourth-order valence-electron chi connectivity index (χ4n) is 1.72. The standard InChI is InChI=1S/C12H19N5O8/c1-4(19)8(11(22)23)15-12(24)14-6(2-7(20)21)10-17-16-9(25-10)5(13)3-18/h4-6,8,18-19H,2-3,13H2,1H3,(H,20,21)(H,22,23)(H2,14,15,24)/t4?,5-,6-,8-/m0/s1. The molecular formula is C12H19N5O8. The summed E-state index contributed by atoms with van der Waals surface area (Å²) in [6.45, 7) is 0.669. The first-order valence-electron chi connectivity index (χ1n) is 7.05. The smallest absolute Gasteiger partial charge is 0.328 e. The van der Waals surface area contributed by atoms with Gasteiger partial charge in [0.05, 0.1) is 19.1 Å². The molecule has 1 aromatic rings. The highest BCUT2D eigenvalue weighted by Crippen LogP contribution is 2.18. The molecule has 0 bridgehead atoms. The summed E-state index contributed by atoms with van der Waals surface area (Å²) in [5.41, 5.74) is 5.49. The van der Waals surface area contributed by atoms with E-state index >= 15 is 0 Å². The lowest BCUT2D eigenvalue weighted by atomic mass is 10.2. The van der Waals surface area contributed by atoms with Crippen molar-refractivity contribution in [2.24, 2.45) is 5.73 Å². The summed E-state index contributed by atoms with van der Waals surface area (Å²) in [6.07, 6.45) is -2.03. The van der Waals surface area contributed by atoms with E-state index in [2.05, 4.69) is 15.5 Å². The molecular weight excluding hydrogens is 342 g/mol. The van der Waals surface area contributed by atoms with Gasteiger partial charge in [0.15, 0.2) is 6.04 Å². The van der Waals surface area contributed by atoms with Crippen LogP contribution in [0, 0.1) is 0 Å². The third-order valence-corrected chi connectivity index (χ3v) is 2.99. The molecule has 8 N–H and O–H groups in total. The zero-order valence-corrected chi connectivity index (χ0v) is 13.1. The number of aliphatic hydroxyl groups is 2. The fourth-order valence-corrected chi connectivity index (χ4v) is 1.72. The number of carboxylic acid groups (broad SMARTS) is 2. The van der Waals surface area contributed by atoms with Crippen LogP contribution in [0.1, 0.15) is 37.2 Å². The van der Waals surface area contributed by atoms with E-state index in [0.717, 1.165) is 6.92 Å². The highest BCUT2D eigenvalue weighted by molar-refractivity contribution is 5.83. The van der Waals surface area contributed by atoms with Gasteiger partial charge in [0, 0.05) is 0 Å². The average molecular weight is 361 g/mol. The van der Waals surface area contributed by atoms with Gasteiger partial charge in [-0.1, -0.05) is 0 Å². The van der Waals surface area contributed by atoms with Gasteiger partial charge >= 0.3 is 18.0 Å². The molecule has 13 nitrogen and oxygen atoms in total. The molecule has 140 valence electrons. The summed E-state index contributed by atoms with van der Waals surface area (Å²) in [6, 6.07) is -4.93. The second kappa shape index (κ2) is 8.91. The Morgan fingerprint density at radius 1 is 1.20 bits per heavy atom. The van der Waals surface area contributed by atoms with Crippen LogP contribution in [0.15, 0.2) is 4.42 Å². The van der Waals surface area contributed by atoms with Crippen molar-refractivity contribution in [3.8, 4) is 0 Å². The maximum atomic E-state index is 11.9. The number of carbonyl (C=O) groups is 3. The quantitative estimate of drug-likeness (QED) is 0.248. The van der Waals surface area contributed by atoms with Crippen LogP contribution in [-0.2, 0) is 9.59 Å². The van der Waals surface area contributed by atoms with Crippen molar-refractivity contribution >= 4 is 18.0 Å². The third kappa shape index (κ3) is 5.98. The van der Waals surface area contributed by atoms with E-state index in [1.54, 1.807) is 0 Å². The van der Waals surface area contributed by atoms with Crippen LogP contribution < -0.4 is 16.4 Å². The molecule has 0 spiro atoms. The number of aliphatic carboxylic acids is 2. The predicted molar refractivity (Wildman–Crippen MR) is 78.1 cm³/mol. The zero-order valence-electron chi connectivity index (χ0n) is 13.1. The summed E-state index contributed by atoms with van der Waals surface area (Å²) in [7, 11) is 0. The third-order valence-electron chi connectivity index (χ3n) is 2.99. The molecule has 4 atom stereocenters. The zero-order chi connectivity index (χ0) is 19.1. The lowest BCUT2D eigenvalue weighted by Crippen LogP contribution is -2.51. The highest BCUT2D eigenvalue weighted by atomic mass is 16.4. The average Bonchev–Trinajstić information content (AvgIpc) is 3.00. The van der Waals surface area contributed by atoms with Crippen molar-refractivity contribution in [3.05, 3.63) is 11.8 Å². The number of carbonyl (C=O) groups excluding carboxylic acids is 1. The summed E-state index contributed by atoms with van der Waals surface area (Å²) in [4.78, 5) is 33.8. The minimum atomic E-state index is -1.61. The van der Waals surface area contributed by atoms with Gasteiger partial charge in [0.1, 0.15) is 12.1 Å². The van der Waals surface area contributed by atoms with E-state index in [0.29, 0.717) is 0 Å². The Kier molecular flexibility index (Phi) is 7.22. The number of hydrogen-bond acceptors (Lipinski definition) is 9. The van der Waals surface area contributed by atoms with Crippen molar-refractivity contribution < 1.29 is 39.2 Å². The fraction of sp³-hybridized carbons (Fsp3) is 0.583. The van der Waals surface area contributed by atoms with E-state index in [1.807, 2.05) is 5.32 Å². The van der Waals surface area contributed by atoms with Crippen LogP contribution >= 0.6 is 0 Å². The number of urea groups is 1. The molecule has 1 rings (SSSR count). The number of rotatable bonds is 9. The van der Waals surface area contributed by atoms with Crippen LogP contribution in [0.2, 0.25) is 0 Å². The molecule has 0 fully saturated rings. The SMILES string of the molecule is CC(O)[C@H](NC(=O)N[C@@H](CC(=O)O)c1nnc([C@@H](N)CO)o1)C(=O)O. The van der Waals surface area contributed by atoms with Gasteiger partial charge in [-0.2, -0.15) is 0 Å². The van der Waals surface area contributed by atoms with Gasteiger partial charge in [0.25, 0.3) is 0 Å². The number of hydrogen-bond donors (Lipinski definition) is 7. The Morgan fingerprint density at radius 3 is 2.28 bits per heavy atom. The summed E-state index contributed by atoms with van der Waals surface area (Å²) in [5.74, 6) is -3.24. The minimum Gasteiger partial charge on any atom is -0.481 e. The number of nitrogens with two attached hydrogens (primary N) is 1. The molecule has 0 radical (unpaired) electrons. The molecule has 25 heavy (non-hydrogen) atoms. The molecule has 1 aromatic heterocycles. The first-order valence-corrected chi connectivity index (χ1v) is 7.05. The number of nitrogens with zero attached hydrogens (tertiary/aromatic N) is 2. The maximum Gasteiger partial charge on any atom is 0.328 e. The largest absolute Gasteiger partial charge is 0.481 e. The van der Waals surface area contributed by atoms with E-state index in [9.17, 15) is 19.5 Å². The number of nitrogens with one attached hydrogen (secondary N) is 2. The van der Waals surface area contributed by atoms with Crippen molar-refractivity contribution in [1.82, 2.24) is 20.8 Å². The van der Waals surface area contributed by atoms with E-state index < -0.39 is 55.2 Å². The van der Waals surface area contributed by atoms with Gasteiger partial charge < -0.3 is 41.2 Å². The van der Waals surface area contributed by atoms with Gasteiger partial charge in [-0.05, 0) is 6.92 Å². The second-order valence-corrected chi connectivity index (χ2v) is 5.09. The van der Waals surface area contributed by atoms with E-state index in [4.69, 9.17) is 25.5 Å². The Balaban J connectivity index is 2.89. The molecule has 0 aliphatic rings. The number of carboxylic acids is 2. The minimum absolute atomic E-state index is 0.164. The van der Waals surface area contributed by atoms with Crippen LogP contribution in [0.25, 0.3) is 0 Å². The van der Waals surface area contributed by atoms with Crippen LogP contribution in [0.3, 0.4) is 0 Å². The van der Waals surface area contributed by atoms with Crippen molar-refractivity contribution in [1.29, 1.82) is 0 Å². The van der Waals surface area contributed by atoms with E-state index in [1.165, 1.54) is 0 Å². The number of aliphatic hydroxyl groups excluding tert-OH is 2. The molecule has 2 amide bonds. The number of amides is 2. The Hall–Kier alpha value is -2.77. The first kappa shape index (κ1) is 20.3. The molecule has 1 heterocycles.